The smallest absolute Gasteiger partial charge is 0.173 e. The molecule has 0 aliphatic heterocycles. The summed E-state index contributed by atoms with van der Waals surface area (Å²) < 4.78 is 2.83. The Balaban J connectivity index is 2.30. The van der Waals surface area contributed by atoms with Gasteiger partial charge in [0.05, 0.1) is 11.7 Å². The number of aromatic nitrogens is 4. The Morgan fingerprint density at radius 3 is 2.89 bits per heavy atom. The van der Waals surface area contributed by atoms with Crippen molar-refractivity contribution in [2.75, 3.05) is 6.54 Å². The molecule has 1 aromatic heterocycles. The fourth-order valence-electron chi connectivity index (χ4n) is 1.81. The molecule has 0 saturated carbocycles. The van der Waals surface area contributed by atoms with Crippen LogP contribution in [0.15, 0.2) is 22.7 Å². The van der Waals surface area contributed by atoms with Crippen molar-refractivity contribution in [2.45, 2.75) is 33.2 Å². The molecule has 0 fully saturated rings. The van der Waals surface area contributed by atoms with Crippen LogP contribution < -0.4 is 5.32 Å². The van der Waals surface area contributed by atoms with Gasteiger partial charge in [-0.25, -0.2) is 0 Å². The van der Waals surface area contributed by atoms with Crippen LogP contribution in [0, 0.1) is 6.92 Å². The maximum atomic E-state index is 4.12. The first-order valence-electron chi connectivity index (χ1n) is 6.41. The molecule has 19 heavy (non-hydrogen) atoms. The predicted molar refractivity (Wildman–Crippen MR) is 78.3 cm³/mol. The SMILES string of the molecule is CCCNC(C)c1nnnn1-c1ccc(C)c(Br)c1. The lowest BCUT2D eigenvalue weighted by Crippen LogP contribution is -2.22. The maximum Gasteiger partial charge on any atom is 0.173 e. The first-order chi connectivity index (χ1) is 9.13. The van der Waals surface area contributed by atoms with Crippen LogP contribution in [0.1, 0.15) is 37.7 Å². The molecule has 1 aromatic carbocycles. The number of hydrogen-bond acceptors (Lipinski definition) is 4. The van der Waals surface area contributed by atoms with Crippen molar-refractivity contribution < 1.29 is 0 Å². The van der Waals surface area contributed by atoms with Gasteiger partial charge in [-0.3, -0.25) is 0 Å². The molecule has 0 aliphatic carbocycles. The molecule has 1 N–H and O–H groups in total. The Hall–Kier alpha value is -1.27. The molecule has 0 spiro atoms. The van der Waals surface area contributed by atoms with Gasteiger partial charge in [0.25, 0.3) is 0 Å². The highest BCUT2D eigenvalue weighted by molar-refractivity contribution is 9.10. The van der Waals surface area contributed by atoms with E-state index in [1.54, 1.807) is 4.68 Å². The summed E-state index contributed by atoms with van der Waals surface area (Å²) in [4.78, 5) is 0. The van der Waals surface area contributed by atoms with Crippen molar-refractivity contribution in [3.8, 4) is 5.69 Å². The number of nitrogens with zero attached hydrogens (tertiary/aromatic N) is 4. The van der Waals surface area contributed by atoms with Crippen molar-refractivity contribution in [1.29, 1.82) is 0 Å². The number of aryl methyl sites for hydroxylation is 1. The summed E-state index contributed by atoms with van der Waals surface area (Å²) in [6.07, 6.45) is 1.09. The summed E-state index contributed by atoms with van der Waals surface area (Å²) in [6, 6.07) is 6.22. The Morgan fingerprint density at radius 1 is 1.42 bits per heavy atom. The van der Waals surface area contributed by atoms with Gasteiger partial charge in [0.1, 0.15) is 0 Å². The van der Waals surface area contributed by atoms with E-state index in [1.807, 2.05) is 12.1 Å². The van der Waals surface area contributed by atoms with E-state index in [0.29, 0.717) is 0 Å². The minimum atomic E-state index is 0.120. The molecule has 1 heterocycles. The summed E-state index contributed by atoms with van der Waals surface area (Å²) in [5, 5.41) is 15.4. The molecule has 2 aromatic rings. The highest BCUT2D eigenvalue weighted by atomic mass is 79.9. The maximum absolute atomic E-state index is 4.12. The monoisotopic (exact) mass is 323 g/mol. The molecule has 6 heteroatoms. The van der Waals surface area contributed by atoms with Crippen molar-refractivity contribution in [3.63, 3.8) is 0 Å². The standard InChI is InChI=1S/C13H18BrN5/c1-4-7-15-10(3)13-16-17-18-19(13)11-6-5-9(2)12(14)8-11/h5-6,8,10,15H,4,7H2,1-3H3. The Kier molecular flexibility index (Phi) is 4.66. The first-order valence-corrected chi connectivity index (χ1v) is 7.21. The fraction of sp³-hybridized carbons (Fsp3) is 0.462. The molecular weight excluding hydrogens is 306 g/mol. The molecule has 5 nitrogen and oxygen atoms in total. The van der Waals surface area contributed by atoms with Crippen molar-refractivity contribution in [2.24, 2.45) is 0 Å². The molecule has 2 rings (SSSR count). The van der Waals surface area contributed by atoms with E-state index in [-0.39, 0.29) is 6.04 Å². The van der Waals surface area contributed by atoms with Crippen molar-refractivity contribution in [1.82, 2.24) is 25.5 Å². The highest BCUT2D eigenvalue weighted by Crippen LogP contribution is 2.21. The van der Waals surface area contributed by atoms with Gasteiger partial charge in [0.2, 0.25) is 0 Å². The first kappa shape index (κ1) is 14.1. The van der Waals surface area contributed by atoms with Gasteiger partial charge in [-0.15, -0.1) is 5.10 Å². The lowest BCUT2D eigenvalue weighted by Gasteiger charge is -2.13. The van der Waals surface area contributed by atoms with Crippen LogP contribution in [0.25, 0.3) is 5.69 Å². The number of nitrogens with one attached hydrogen (secondary N) is 1. The molecular formula is C13H18BrN5. The average Bonchev–Trinajstić information content (AvgIpc) is 2.88. The highest BCUT2D eigenvalue weighted by Gasteiger charge is 2.15. The fourth-order valence-corrected chi connectivity index (χ4v) is 2.18. The third-order valence-corrected chi connectivity index (χ3v) is 3.84. The minimum absolute atomic E-state index is 0.120. The third-order valence-electron chi connectivity index (χ3n) is 2.98. The van der Waals surface area contributed by atoms with Gasteiger partial charge in [0, 0.05) is 4.47 Å². The van der Waals surface area contributed by atoms with Gasteiger partial charge in [0.15, 0.2) is 5.82 Å². The number of benzene rings is 1. The van der Waals surface area contributed by atoms with E-state index in [4.69, 9.17) is 0 Å². The number of hydrogen-bond donors (Lipinski definition) is 1. The molecule has 0 saturated heterocycles. The van der Waals surface area contributed by atoms with Gasteiger partial charge < -0.3 is 5.32 Å². The van der Waals surface area contributed by atoms with Crippen LogP contribution in [-0.2, 0) is 0 Å². The summed E-state index contributed by atoms with van der Waals surface area (Å²) in [5.74, 6) is 0.823. The van der Waals surface area contributed by atoms with Crippen molar-refractivity contribution >= 4 is 15.9 Å². The van der Waals surface area contributed by atoms with Gasteiger partial charge in [-0.2, -0.15) is 4.68 Å². The predicted octanol–water partition coefficient (Wildman–Crippen LogP) is 2.79. The summed E-state index contributed by atoms with van der Waals surface area (Å²) in [6.45, 7) is 7.21. The molecule has 0 radical (unpaired) electrons. The van der Waals surface area contributed by atoms with Crippen LogP contribution in [0.4, 0.5) is 0 Å². The molecule has 1 atom stereocenters. The molecule has 0 amide bonds. The van der Waals surface area contributed by atoms with E-state index in [1.165, 1.54) is 5.56 Å². The summed E-state index contributed by atoms with van der Waals surface area (Å²) >= 11 is 3.54. The molecule has 0 bridgehead atoms. The van der Waals surface area contributed by atoms with Crippen LogP contribution in [-0.4, -0.2) is 26.8 Å². The van der Waals surface area contributed by atoms with Gasteiger partial charge in [-0.1, -0.05) is 28.9 Å². The van der Waals surface area contributed by atoms with E-state index < -0.39 is 0 Å². The molecule has 1 unspecified atom stereocenters. The Bertz CT molecular complexity index is 552. The number of rotatable bonds is 5. The second kappa shape index (κ2) is 6.25. The lowest BCUT2D eigenvalue weighted by molar-refractivity contribution is 0.531. The van der Waals surface area contributed by atoms with E-state index in [9.17, 15) is 0 Å². The largest absolute Gasteiger partial charge is 0.307 e. The van der Waals surface area contributed by atoms with Crippen molar-refractivity contribution in [3.05, 3.63) is 34.1 Å². The number of halogens is 1. The zero-order chi connectivity index (χ0) is 13.8. The normalized spacial score (nSPS) is 12.6. The summed E-state index contributed by atoms with van der Waals surface area (Å²) in [7, 11) is 0. The summed E-state index contributed by atoms with van der Waals surface area (Å²) in [5.41, 5.74) is 2.15. The second-order valence-corrected chi connectivity index (χ2v) is 5.41. The van der Waals surface area contributed by atoms with Crippen LogP contribution >= 0.6 is 15.9 Å². The van der Waals surface area contributed by atoms with E-state index >= 15 is 0 Å². The second-order valence-electron chi connectivity index (χ2n) is 4.56. The van der Waals surface area contributed by atoms with Crippen LogP contribution in [0.2, 0.25) is 0 Å². The molecule has 0 aliphatic rings. The van der Waals surface area contributed by atoms with Gasteiger partial charge >= 0.3 is 0 Å². The van der Waals surface area contributed by atoms with Crippen LogP contribution in [0.5, 0.6) is 0 Å². The van der Waals surface area contributed by atoms with Crippen LogP contribution in [0.3, 0.4) is 0 Å². The third kappa shape index (κ3) is 3.19. The minimum Gasteiger partial charge on any atom is -0.307 e. The zero-order valence-electron chi connectivity index (χ0n) is 11.4. The van der Waals surface area contributed by atoms with Gasteiger partial charge in [-0.05, 0) is 54.9 Å². The van der Waals surface area contributed by atoms with E-state index in [2.05, 4.69) is 63.6 Å². The number of tetrazole rings is 1. The Labute approximate surface area is 121 Å². The average molecular weight is 324 g/mol. The quantitative estimate of drug-likeness (QED) is 0.919. The lowest BCUT2D eigenvalue weighted by atomic mass is 10.2. The topological polar surface area (TPSA) is 55.6 Å². The molecule has 102 valence electrons. The Morgan fingerprint density at radius 2 is 2.21 bits per heavy atom. The zero-order valence-corrected chi connectivity index (χ0v) is 13.0. The van der Waals surface area contributed by atoms with E-state index in [0.717, 1.165) is 29.0 Å².